The van der Waals surface area contributed by atoms with Crippen LogP contribution in [0.15, 0.2) is 76.5 Å². The summed E-state index contributed by atoms with van der Waals surface area (Å²) in [7, 11) is -9.01. The van der Waals surface area contributed by atoms with Crippen LogP contribution in [0.4, 0.5) is 0 Å². The summed E-state index contributed by atoms with van der Waals surface area (Å²) in [6.07, 6.45) is 0. The maximum atomic E-state index is 11.8. The Morgan fingerprint density at radius 3 is 1.57 bits per heavy atom. The Morgan fingerprint density at radius 2 is 1.04 bits per heavy atom. The van der Waals surface area contributed by atoms with Gasteiger partial charge in [0.25, 0.3) is 0 Å². The maximum Gasteiger partial charge on any atom is -0.153 e. The number of hydrogen-bond acceptors (Lipinski definition) is 4. The third-order valence-electron chi connectivity index (χ3n) is 3.87. The summed E-state index contributed by atoms with van der Waals surface area (Å²) in [6, 6.07) is 16.8. The average molecular weight is 620 g/mol. The summed E-state index contributed by atoms with van der Waals surface area (Å²) in [4.78, 5) is -0.593. The van der Waals surface area contributed by atoms with Crippen LogP contribution < -0.4 is 3.78 Å². The molecule has 152 valence electrons. The molecule has 0 radical (unpaired) electrons. The Labute approximate surface area is 179 Å². The van der Waals surface area contributed by atoms with Gasteiger partial charge in [0.15, 0.2) is 0 Å². The first kappa shape index (κ1) is 22.9. The number of hydrogen-bond donors (Lipinski definition) is 2. The van der Waals surface area contributed by atoms with E-state index in [9.17, 15) is 25.9 Å². The van der Waals surface area contributed by atoms with Crippen LogP contribution in [0.1, 0.15) is 0 Å². The Morgan fingerprint density at radius 1 is 0.607 bits per heavy atom. The van der Waals surface area contributed by atoms with E-state index in [1.807, 2.05) is 0 Å². The van der Waals surface area contributed by atoms with E-state index in [2.05, 4.69) is 21.1 Å². The molecule has 0 spiro atoms. The summed E-state index contributed by atoms with van der Waals surface area (Å²) in [5, 5.41) is 0. The molecule has 0 amide bonds. The van der Waals surface area contributed by atoms with Crippen molar-refractivity contribution in [3.8, 4) is 22.3 Å². The Bertz CT molecular complexity index is 1240. The fraction of sp³-hybridized carbons (Fsp3) is 0. The Kier molecular flexibility index (Phi) is 7.02. The second kappa shape index (κ2) is 8.57. The molecular formula is C18H16AuO6PS2. The van der Waals surface area contributed by atoms with Gasteiger partial charge in [0.2, 0.25) is 0 Å². The SMILES string of the molecule is O=S(=O)(O)c1ccccc1-c1ccc[c]([Au])c1-c1ccccc1S(=O)(=O)O.P. The molecule has 28 heavy (non-hydrogen) atoms. The summed E-state index contributed by atoms with van der Waals surface area (Å²) < 4.78 is 67.1. The van der Waals surface area contributed by atoms with Gasteiger partial charge in [0.05, 0.1) is 0 Å². The van der Waals surface area contributed by atoms with Crippen molar-refractivity contribution in [3.63, 3.8) is 0 Å². The first-order valence-corrected chi connectivity index (χ1v) is 11.5. The predicted octanol–water partition coefficient (Wildman–Crippen LogP) is 2.74. The van der Waals surface area contributed by atoms with E-state index >= 15 is 0 Å². The van der Waals surface area contributed by atoms with Crippen molar-refractivity contribution in [1.82, 2.24) is 0 Å². The van der Waals surface area contributed by atoms with Gasteiger partial charge in [-0.05, 0) is 0 Å². The van der Waals surface area contributed by atoms with Crippen molar-refractivity contribution in [3.05, 3.63) is 66.7 Å². The summed E-state index contributed by atoms with van der Waals surface area (Å²) in [5.41, 5.74) is 1.26. The quantitative estimate of drug-likeness (QED) is 0.264. The summed E-state index contributed by atoms with van der Waals surface area (Å²) >= 11 is 2.23. The molecule has 6 nitrogen and oxygen atoms in total. The van der Waals surface area contributed by atoms with E-state index in [1.165, 1.54) is 36.4 Å². The fourth-order valence-electron chi connectivity index (χ4n) is 2.81. The number of benzene rings is 3. The van der Waals surface area contributed by atoms with Gasteiger partial charge < -0.3 is 0 Å². The monoisotopic (exact) mass is 620 g/mol. The van der Waals surface area contributed by atoms with Crippen LogP contribution in [0.5, 0.6) is 0 Å². The van der Waals surface area contributed by atoms with Crippen LogP contribution in [0, 0.1) is 0 Å². The molecule has 3 aromatic carbocycles. The minimum atomic E-state index is -4.51. The molecule has 3 aromatic rings. The van der Waals surface area contributed by atoms with Crippen molar-refractivity contribution < 1.29 is 47.0 Å². The zero-order valence-electron chi connectivity index (χ0n) is 14.2. The number of rotatable bonds is 4. The van der Waals surface area contributed by atoms with Crippen molar-refractivity contribution >= 4 is 33.9 Å². The molecule has 2 N–H and O–H groups in total. The van der Waals surface area contributed by atoms with Gasteiger partial charge in [0.1, 0.15) is 0 Å². The van der Waals surface area contributed by atoms with Gasteiger partial charge in [-0.15, -0.1) is 0 Å². The van der Waals surface area contributed by atoms with Crippen LogP contribution >= 0.6 is 9.90 Å². The van der Waals surface area contributed by atoms with Crippen LogP contribution in [-0.4, -0.2) is 25.9 Å². The maximum absolute atomic E-state index is 11.8. The zero-order valence-corrected chi connectivity index (χ0v) is 19.4. The third-order valence-corrected chi connectivity index (χ3v) is 6.60. The molecule has 0 saturated carbocycles. The molecule has 1 atom stereocenters. The normalized spacial score (nSPS) is 11.7. The molecule has 0 aliphatic rings. The van der Waals surface area contributed by atoms with E-state index in [-0.39, 0.29) is 30.8 Å². The van der Waals surface area contributed by atoms with Gasteiger partial charge >= 0.3 is 170 Å². The second-order valence-corrected chi connectivity index (χ2v) is 9.51. The van der Waals surface area contributed by atoms with E-state index in [1.54, 1.807) is 30.3 Å². The van der Waals surface area contributed by atoms with E-state index in [0.29, 0.717) is 14.9 Å². The summed E-state index contributed by atoms with van der Waals surface area (Å²) in [6.45, 7) is 0. The minimum absolute atomic E-state index is 0. The van der Waals surface area contributed by atoms with Crippen LogP contribution in [0.2, 0.25) is 0 Å². The molecule has 1 unspecified atom stereocenters. The topological polar surface area (TPSA) is 109 Å². The van der Waals surface area contributed by atoms with Gasteiger partial charge in [-0.25, -0.2) is 0 Å². The van der Waals surface area contributed by atoms with Gasteiger partial charge in [-0.2, -0.15) is 9.90 Å². The van der Waals surface area contributed by atoms with E-state index < -0.39 is 20.2 Å². The van der Waals surface area contributed by atoms with Crippen molar-refractivity contribution in [2.75, 3.05) is 0 Å². The van der Waals surface area contributed by atoms with Crippen molar-refractivity contribution in [2.45, 2.75) is 9.79 Å². The van der Waals surface area contributed by atoms with Crippen LogP contribution in [0.3, 0.4) is 0 Å². The van der Waals surface area contributed by atoms with Crippen LogP contribution in [-0.2, 0) is 41.3 Å². The first-order chi connectivity index (χ1) is 12.6. The zero-order chi connectivity index (χ0) is 19.8. The molecule has 0 bridgehead atoms. The van der Waals surface area contributed by atoms with Gasteiger partial charge in [0, 0.05) is 0 Å². The molecule has 10 heteroatoms. The molecule has 3 rings (SSSR count). The molecular weight excluding hydrogens is 604 g/mol. The largest absolute Gasteiger partial charge is 0.153 e. The van der Waals surface area contributed by atoms with Crippen molar-refractivity contribution in [2.24, 2.45) is 0 Å². The average Bonchev–Trinajstić information content (AvgIpc) is 2.60. The predicted molar refractivity (Wildman–Crippen MR) is 108 cm³/mol. The molecule has 0 fully saturated rings. The Balaban J connectivity index is 0.00000280. The second-order valence-electron chi connectivity index (χ2n) is 5.56. The smallest absolute Gasteiger partial charge is 0.153 e. The molecule has 0 aliphatic heterocycles. The summed E-state index contributed by atoms with van der Waals surface area (Å²) in [5.74, 6) is 0. The first-order valence-electron chi connectivity index (χ1n) is 7.49. The fourth-order valence-corrected chi connectivity index (χ4v) is 5.00. The van der Waals surface area contributed by atoms with Crippen LogP contribution in [0.25, 0.3) is 22.3 Å². The van der Waals surface area contributed by atoms with Gasteiger partial charge in [-0.3, -0.25) is 0 Å². The molecule has 0 aromatic heterocycles. The van der Waals surface area contributed by atoms with Gasteiger partial charge in [-0.1, -0.05) is 0 Å². The molecule has 0 heterocycles. The molecule has 0 saturated heterocycles. The van der Waals surface area contributed by atoms with E-state index in [4.69, 9.17) is 0 Å². The van der Waals surface area contributed by atoms with Crippen molar-refractivity contribution in [1.29, 1.82) is 0 Å². The third kappa shape index (κ3) is 4.62. The van der Waals surface area contributed by atoms with E-state index in [0.717, 1.165) is 0 Å². The minimum Gasteiger partial charge on any atom is -0.153 e. The Hall–Kier alpha value is -1.35. The molecule has 0 aliphatic carbocycles. The standard InChI is InChI=1S/C18H13O6S2.Au.H3P/c19-25(20,21)17-11-5-3-9-15(17)13-7-1-2-8-14(13)16-10-4-6-12-18(16)26(22,23)24;;/h1-7,9-12H,(H,19,20,21)(H,22,23,24);;1H3.